The summed E-state index contributed by atoms with van der Waals surface area (Å²) in [6, 6.07) is 21.0. The largest absolute Gasteiger partial charge is 0.465 e. The molecule has 2 heterocycles. The van der Waals surface area contributed by atoms with E-state index in [0.717, 1.165) is 50.6 Å². The van der Waals surface area contributed by atoms with Crippen molar-refractivity contribution in [1.82, 2.24) is 4.98 Å². The van der Waals surface area contributed by atoms with Gasteiger partial charge in [-0.15, -0.1) is 11.3 Å². The van der Waals surface area contributed by atoms with Gasteiger partial charge in [-0.3, -0.25) is 14.6 Å². The summed E-state index contributed by atoms with van der Waals surface area (Å²) in [5, 5.41) is 6.30. The molecule has 3 aromatic carbocycles. The summed E-state index contributed by atoms with van der Waals surface area (Å²) in [5.41, 5.74) is 8.90. The summed E-state index contributed by atoms with van der Waals surface area (Å²) < 4.78 is 4.84. The predicted octanol–water partition coefficient (Wildman–Crippen LogP) is 5.63. The van der Waals surface area contributed by atoms with E-state index in [0.29, 0.717) is 30.6 Å². The zero-order valence-electron chi connectivity index (χ0n) is 22.1. The third-order valence-electron chi connectivity index (χ3n) is 6.85. The van der Waals surface area contributed by atoms with Crippen LogP contribution in [-0.2, 0) is 27.2 Å². The quantitative estimate of drug-likeness (QED) is 0.159. The monoisotopic (exact) mass is 552 g/mol. The number of ether oxygens (including phenoxy) is 1. The number of amides is 2. The minimum atomic E-state index is -0.485. The first-order chi connectivity index (χ1) is 19.5. The molecule has 1 aliphatic rings. The number of hydrogen-bond acceptors (Lipinski definition) is 7. The van der Waals surface area contributed by atoms with E-state index in [1.165, 1.54) is 18.4 Å². The molecule has 202 valence electrons. The number of anilines is 3. The van der Waals surface area contributed by atoms with Crippen LogP contribution in [0.4, 0.5) is 17.1 Å². The van der Waals surface area contributed by atoms with Crippen LogP contribution in [0.3, 0.4) is 0 Å². The van der Waals surface area contributed by atoms with Crippen molar-refractivity contribution in [2.24, 2.45) is 0 Å². The fourth-order valence-electron chi connectivity index (χ4n) is 4.88. The molecule has 1 aliphatic heterocycles. The molecule has 0 spiro atoms. The molecule has 0 radical (unpaired) electrons. The van der Waals surface area contributed by atoms with E-state index in [-0.39, 0.29) is 5.91 Å². The number of rotatable bonds is 9. The standard InChI is InChI=1S/C31H28N4O4S/c1-20(26-10-8-23(31(38)39-2)15-27(26)33-18-36)30(21-6-4-3-5-7-21)34-24-9-11-28-22(14-24)12-13-35(28)29(37)16-25-17-32-19-40-25/h3-11,14-15,17-19,34H,12-13,16H2,1-2H3,(H,33,36)/b30-20+. The van der Waals surface area contributed by atoms with Gasteiger partial charge < -0.3 is 20.3 Å². The fraction of sp³-hybridized carbons (Fsp3) is 0.161. The molecular formula is C31H28N4O4S. The number of nitrogens with zero attached hydrogens (tertiary/aromatic N) is 2. The topological polar surface area (TPSA) is 101 Å². The number of allylic oxidation sites excluding steroid dienone is 1. The van der Waals surface area contributed by atoms with E-state index in [4.69, 9.17) is 4.74 Å². The number of benzene rings is 3. The Morgan fingerprint density at radius 3 is 2.62 bits per heavy atom. The molecule has 0 aliphatic carbocycles. The van der Waals surface area contributed by atoms with Gasteiger partial charge in [0.25, 0.3) is 0 Å². The Kier molecular flexibility index (Phi) is 8.02. The molecule has 0 atom stereocenters. The average molecular weight is 553 g/mol. The molecule has 40 heavy (non-hydrogen) atoms. The van der Waals surface area contributed by atoms with Gasteiger partial charge in [-0.05, 0) is 60.4 Å². The Bertz CT molecular complexity index is 1580. The Morgan fingerprint density at radius 2 is 1.90 bits per heavy atom. The van der Waals surface area contributed by atoms with Crippen molar-refractivity contribution in [3.63, 3.8) is 0 Å². The van der Waals surface area contributed by atoms with Crippen molar-refractivity contribution in [1.29, 1.82) is 0 Å². The number of fused-ring (bicyclic) bond motifs is 1. The lowest BCUT2D eigenvalue weighted by atomic mass is 9.97. The third kappa shape index (κ3) is 5.64. The molecule has 5 rings (SSSR count). The lowest BCUT2D eigenvalue weighted by Crippen LogP contribution is -2.30. The van der Waals surface area contributed by atoms with E-state index in [1.54, 1.807) is 29.9 Å². The third-order valence-corrected chi connectivity index (χ3v) is 7.63. The van der Waals surface area contributed by atoms with Gasteiger partial charge in [-0.25, -0.2) is 4.79 Å². The molecule has 2 amide bonds. The summed E-state index contributed by atoms with van der Waals surface area (Å²) in [7, 11) is 1.32. The van der Waals surface area contributed by atoms with Gasteiger partial charge in [0, 0.05) is 45.9 Å². The van der Waals surface area contributed by atoms with Crippen molar-refractivity contribution in [3.05, 3.63) is 106 Å². The number of aromatic nitrogens is 1. The number of thiazole rings is 1. The van der Waals surface area contributed by atoms with E-state index in [2.05, 4.69) is 21.7 Å². The minimum Gasteiger partial charge on any atom is -0.465 e. The lowest BCUT2D eigenvalue weighted by Gasteiger charge is -2.20. The van der Waals surface area contributed by atoms with Crippen molar-refractivity contribution in [3.8, 4) is 0 Å². The summed E-state index contributed by atoms with van der Waals surface area (Å²) in [5.74, 6) is -0.420. The molecule has 0 saturated carbocycles. The van der Waals surface area contributed by atoms with Crippen LogP contribution in [0.2, 0.25) is 0 Å². The van der Waals surface area contributed by atoms with Gasteiger partial charge >= 0.3 is 5.97 Å². The van der Waals surface area contributed by atoms with Crippen LogP contribution in [-0.4, -0.2) is 36.9 Å². The van der Waals surface area contributed by atoms with Crippen molar-refractivity contribution in [2.45, 2.75) is 19.8 Å². The van der Waals surface area contributed by atoms with Crippen LogP contribution in [0.15, 0.2) is 78.4 Å². The van der Waals surface area contributed by atoms with Crippen molar-refractivity contribution >= 4 is 58.0 Å². The summed E-state index contributed by atoms with van der Waals surface area (Å²) >= 11 is 1.49. The number of carbonyl (C=O) groups excluding carboxylic acids is 3. The van der Waals surface area contributed by atoms with Crippen LogP contribution < -0.4 is 15.5 Å². The molecule has 0 saturated heterocycles. The minimum absolute atomic E-state index is 0.0648. The van der Waals surface area contributed by atoms with Gasteiger partial charge in [0.05, 0.1) is 24.6 Å². The van der Waals surface area contributed by atoms with Gasteiger partial charge in [-0.1, -0.05) is 36.4 Å². The van der Waals surface area contributed by atoms with Crippen LogP contribution >= 0.6 is 11.3 Å². The molecule has 0 fully saturated rings. The Balaban J connectivity index is 1.49. The Labute approximate surface area is 236 Å². The zero-order chi connectivity index (χ0) is 28.1. The smallest absolute Gasteiger partial charge is 0.337 e. The van der Waals surface area contributed by atoms with E-state index in [1.807, 2.05) is 54.3 Å². The van der Waals surface area contributed by atoms with Crippen LogP contribution in [0.1, 0.15) is 38.8 Å². The lowest BCUT2D eigenvalue weighted by molar-refractivity contribution is -0.117. The highest BCUT2D eigenvalue weighted by Gasteiger charge is 2.25. The number of esters is 1. The molecule has 4 aromatic rings. The number of methoxy groups -OCH3 is 1. The summed E-state index contributed by atoms with van der Waals surface area (Å²) in [6.45, 7) is 2.61. The van der Waals surface area contributed by atoms with Gasteiger partial charge in [-0.2, -0.15) is 0 Å². The van der Waals surface area contributed by atoms with Crippen molar-refractivity contribution < 1.29 is 19.1 Å². The molecule has 1 aromatic heterocycles. The first-order valence-electron chi connectivity index (χ1n) is 12.8. The Morgan fingerprint density at radius 1 is 1.07 bits per heavy atom. The molecule has 0 unspecified atom stereocenters. The molecule has 9 heteroatoms. The highest BCUT2D eigenvalue weighted by Crippen LogP contribution is 2.35. The van der Waals surface area contributed by atoms with Crippen LogP contribution in [0, 0.1) is 0 Å². The molecular weight excluding hydrogens is 524 g/mol. The molecule has 8 nitrogen and oxygen atoms in total. The number of hydrogen-bond donors (Lipinski definition) is 2. The highest BCUT2D eigenvalue weighted by atomic mass is 32.1. The summed E-state index contributed by atoms with van der Waals surface area (Å²) in [6.07, 6.45) is 3.44. The second-order valence-corrected chi connectivity index (χ2v) is 10.3. The maximum atomic E-state index is 13.0. The number of carbonyl (C=O) groups is 3. The summed E-state index contributed by atoms with van der Waals surface area (Å²) in [4.78, 5) is 43.3. The van der Waals surface area contributed by atoms with E-state index < -0.39 is 5.97 Å². The van der Waals surface area contributed by atoms with Gasteiger partial charge in [0.1, 0.15) is 0 Å². The number of nitrogens with one attached hydrogen (secondary N) is 2. The van der Waals surface area contributed by atoms with E-state index in [9.17, 15) is 14.4 Å². The SMILES string of the molecule is COC(=O)c1ccc(/C(C)=C(/Nc2ccc3c(c2)CCN3C(=O)Cc2cncs2)c2ccccc2)c(NC=O)c1. The average Bonchev–Trinajstić information content (AvgIpc) is 3.65. The van der Waals surface area contributed by atoms with Crippen LogP contribution in [0.5, 0.6) is 0 Å². The fourth-order valence-corrected chi connectivity index (χ4v) is 5.46. The Hall–Kier alpha value is -4.76. The van der Waals surface area contributed by atoms with Gasteiger partial charge in [0.2, 0.25) is 12.3 Å². The van der Waals surface area contributed by atoms with Crippen LogP contribution in [0.25, 0.3) is 11.3 Å². The maximum Gasteiger partial charge on any atom is 0.337 e. The first kappa shape index (κ1) is 26.8. The predicted molar refractivity (Wildman–Crippen MR) is 158 cm³/mol. The zero-order valence-corrected chi connectivity index (χ0v) is 23.0. The second kappa shape index (κ2) is 12.0. The highest BCUT2D eigenvalue weighted by molar-refractivity contribution is 7.09. The maximum absolute atomic E-state index is 13.0. The van der Waals surface area contributed by atoms with E-state index >= 15 is 0 Å². The van der Waals surface area contributed by atoms with Gasteiger partial charge in [0.15, 0.2) is 0 Å². The first-order valence-corrected chi connectivity index (χ1v) is 13.6. The second-order valence-electron chi connectivity index (χ2n) is 9.29. The normalized spacial score (nSPS) is 12.8. The van der Waals surface area contributed by atoms with Crippen molar-refractivity contribution in [2.75, 3.05) is 29.2 Å². The molecule has 0 bridgehead atoms. The molecule has 2 N–H and O–H groups in total.